The van der Waals surface area contributed by atoms with Crippen LogP contribution in [0.2, 0.25) is 0 Å². The van der Waals surface area contributed by atoms with Crippen molar-refractivity contribution in [2.75, 3.05) is 0 Å². The Hall–Kier alpha value is -2.17. The summed E-state index contributed by atoms with van der Waals surface area (Å²) in [5.41, 5.74) is -0.172. The van der Waals surface area contributed by atoms with Crippen LogP contribution in [0.4, 0.5) is 4.79 Å². The number of carbonyl (C=O) groups excluding carboxylic acids is 3. The standard InChI is InChI=1S/C15H18N2O3/c1-10(9-11-7-5-4-6-8-11)17-13(19)15(2,3)12(18)16-14(17)20/h4-8,10H,9H2,1-3H3,(H,16,18,20). The molecule has 0 saturated carbocycles. The van der Waals surface area contributed by atoms with Crippen LogP contribution in [0.1, 0.15) is 26.3 Å². The number of amides is 4. The molecule has 106 valence electrons. The lowest BCUT2D eigenvalue weighted by atomic mass is 9.87. The van der Waals surface area contributed by atoms with Gasteiger partial charge in [-0.05, 0) is 32.8 Å². The molecular formula is C15H18N2O3. The lowest BCUT2D eigenvalue weighted by molar-refractivity contribution is -0.150. The Morgan fingerprint density at radius 1 is 1.15 bits per heavy atom. The second kappa shape index (κ2) is 5.07. The summed E-state index contributed by atoms with van der Waals surface area (Å²) >= 11 is 0. The molecule has 1 fully saturated rings. The molecule has 1 aliphatic rings. The highest BCUT2D eigenvalue weighted by molar-refractivity contribution is 6.18. The van der Waals surface area contributed by atoms with Crippen LogP contribution in [0.25, 0.3) is 0 Å². The van der Waals surface area contributed by atoms with E-state index in [0.29, 0.717) is 6.42 Å². The van der Waals surface area contributed by atoms with E-state index in [-0.39, 0.29) is 6.04 Å². The molecule has 1 N–H and O–H groups in total. The molecule has 0 aromatic heterocycles. The van der Waals surface area contributed by atoms with Crippen molar-refractivity contribution < 1.29 is 14.4 Å². The quantitative estimate of drug-likeness (QED) is 0.853. The van der Waals surface area contributed by atoms with E-state index in [2.05, 4.69) is 5.32 Å². The van der Waals surface area contributed by atoms with E-state index < -0.39 is 23.3 Å². The van der Waals surface area contributed by atoms with Gasteiger partial charge < -0.3 is 0 Å². The fourth-order valence-corrected chi connectivity index (χ4v) is 2.25. The Morgan fingerprint density at radius 3 is 2.35 bits per heavy atom. The highest BCUT2D eigenvalue weighted by atomic mass is 16.2. The third-order valence-electron chi connectivity index (χ3n) is 3.58. The SMILES string of the molecule is CC(Cc1ccccc1)N1C(=O)NC(=O)C(C)(C)C1=O. The van der Waals surface area contributed by atoms with E-state index in [4.69, 9.17) is 0 Å². The number of urea groups is 1. The van der Waals surface area contributed by atoms with Crippen LogP contribution in [0.5, 0.6) is 0 Å². The Balaban J connectivity index is 2.20. The van der Waals surface area contributed by atoms with Crippen LogP contribution in [-0.4, -0.2) is 28.8 Å². The average Bonchev–Trinajstić information content (AvgIpc) is 2.38. The van der Waals surface area contributed by atoms with E-state index >= 15 is 0 Å². The van der Waals surface area contributed by atoms with Gasteiger partial charge >= 0.3 is 6.03 Å². The number of hydrogen-bond acceptors (Lipinski definition) is 3. The second-order valence-corrected chi connectivity index (χ2v) is 5.60. The minimum atomic E-state index is -1.21. The van der Waals surface area contributed by atoms with Gasteiger partial charge in [-0.3, -0.25) is 19.8 Å². The van der Waals surface area contributed by atoms with Crippen molar-refractivity contribution in [2.45, 2.75) is 33.2 Å². The van der Waals surface area contributed by atoms with Gasteiger partial charge in [-0.25, -0.2) is 4.79 Å². The number of hydrogen-bond donors (Lipinski definition) is 1. The normalized spacial score (nSPS) is 19.8. The van der Waals surface area contributed by atoms with Crippen LogP contribution < -0.4 is 5.32 Å². The summed E-state index contributed by atoms with van der Waals surface area (Å²) in [6.45, 7) is 4.86. The molecule has 0 bridgehead atoms. The van der Waals surface area contributed by atoms with Crippen molar-refractivity contribution in [1.29, 1.82) is 0 Å². The molecule has 20 heavy (non-hydrogen) atoms. The molecular weight excluding hydrogens is 256 g/mol. The molecule has 0 aliphatic carbocycles. The van der Waals surface area contributed by atoms with Crippen molar-refractivity contribution in [3.05, 3.63) is 35.9 Å². The maximum atomic E-state index is 12.3. The van der Waals surface area contributed by atoms with E-state index in [1.807, 2.05) is 30.3 Å². The van der Waals surface area contributed by atoms with Crippen LogP contribution in [0, 0.1) is 5.41 Å². The van der Waals surface area contributed by atoms with E-state index in [0.717, 1.165) is 10.5 Å². The molecule has 1 aromatic rings. The Labute approximate surface area is 118 Å². The molecule has 1 saturated heterocycles. The zero-order valence-corrected chi connectivity index (χ0v) is 11.8. The number of rotatable bonds is 3. The highest BCUT2D eigenvalue weighted by Crippen LogP contribution is 2.25. The first-order valence-corrected chi connectivity index (χ1v) is 6.57. The first-order valence-electron chi connectivity index (χ1n) is 6.57. The smallest absolute Gasteiger partial charge is 0.277 e. The van der Waals surface area contributed by atoms with Crippen LogP contribution in [0.15, 0.2) is 30.3 Å². The van der Waals surface area contributed by atoms with Crippen molar-refractivity contribution >= 4 is 17.8 Å². The summed E-state index contributed by atoms with van der Waals surface area (Å²) < 4.78 is 0. The van der Waals surface area contributed by atoms with Gasteiger partial charge in [0.05, 0.1) is 0 Å². The fourth-order valence-electron chi connectivity index (χ4n) is 2.25. The molecule has 5 nitrogen and oxygen atoms in total. The summed E-state index contributed by atoms with van der Waals surface area (Å²) in [5.74, 6) is -0.995. The number of barbiturate groups is 1. The molecule has 4 amide bonds. The largest absolute Gasteiger partial charge is 0.331 e. The minimum absolute atomic E-state index is 0.308. The third kappa shape index (κ3) is 2.43. The number of nitrogens with zero attached hydrogens (tertiary/aromatic N) is 1. The van der Waals surface area contributed by atoms with E-state index in [9.17, 15) is 14.4 Å². The molecule has 5 heteroatoms. The highest BCUT2D eigenvalue weighted by Gasteiger charge is 2.48. The number of nitrogens with one attached hydrogen (secondary N) is 1. The molecule has 1 atom stereocenters. The molecule has 1 aliphatic heterocycles. The predicted molar refractivity (Wildman–Crippen MR) is 73.8 cm³/mol. The predicted octanol–water partition coefficient (Wildman–Crippen LogP) is 1.72. The number of carbonyl (C=O) groups is 3. The van der Waals surface area contributed by atoms with Gasteiger partial charge in [0.15, 0.2) is 0 Å². The fraction of sp³-hybridized carbons (Fsp3) is 0.400. The number of imide groups is 2. The lowest BCUT2D eigenvalue weighted by Crippen LogP contribution is -2.64. The van der Waals surface area contributed by atoms with Crippen LogP contribution in [0.3, 0.4) is 0 Å². The van der Waals surface area contributed by atoms with Gasteiger partial charge in [0, 0.05) is 6.04 Å². The summed E-state index contributed by atoms with van der Waals surface area (Å²) in [7, 11) is 0. The van der Waals surface area contributed by atoms with Gasteiger partial charge in [-0.15, -0.1) is 0 Å². The van der Waals surface area contributed by atoms with Gasteiger partial charge in [0.25, 0.3) is 0 Å². The van der Waals surface area contributed by atoms with Crippen LogP contribution >= 0.6 is 0 Å². The minimum Gasteiger partial charge on any atom is -0.277 e. The Bertz CT molecular complexity index is 551. The summed E-state index contributed by atoms with van der Waals surface area (Å²) in [6.07, 6.45) is 0.560. The molecule has 1 aromatic carbocycles. The number of benzene rings is 1. The molecule has 2 rings (SSSR count). The maximum absolute atomic E-state index is 12.3. The second-order valence-electron chi connectivity index (χ2n) is 5.60. The van der Waals surface area contributed by atoms with Crippen molar-refractivity contribution in [2.24, 2.45) is 5.41 Å². The van der Waals surface area contributed by atoms with Crippen LogP contribution in [-0.2, 0) is 16.0 Å². The van der Waals surface area contributed by atoms with Gasteiger partial charge in [0.2, 0.25) is 11.8 Å². The first-order chi connectivity index (χ1) is 9.34. The van der Waals surface area contributed by atoms with E-state index in [1.165, 1.54) is 13.8 Å². The maximum Gasteiger partial charge on any atom is 0.331 e. The molecule has 1 unspecified atom stereocenters. The topological polar surface area (TPSA) is 66.5 Å². The van der Waals surface area contributed by atoms with E-state index in [1.54, 1.807) is 6.92 Å². The Kier molecular flexibility index (Phi) is 3.61. The molecule has 0 spiro atoms. The zero-order chi connectivity index (χ0) is 14.9. The van der Waals surface area contributed by atoms with Gasteiger partial charge in [-0.2, -0.15) is 0 Å². The molecule has 0 radical (unpaired) electrons. The molecule has 1 heterocycles. The van der Waals surface area contributed by atoms with Crippen molar-refractivity contribution in [3.63, 3.8) is 0 Å². The van der Waals surface area contributed by atoms with Crippen molar-refractivity contribution in [3.8, 4) is 0 Å². The van der Waals surface area contributed by atoms with Gasteiger partial charge in [0.1, 0.15) is 5.41 Å². The summed E-state index contributed by atoms with van der Waals surface area (Å²) in [6, 6.07) is 8.67. The lowest BCUT2D eigenvalue weighted by Gasteiger charge is -2.37. The average molecular weight is 274 g/mol. The van der Waals surface area contributed by atoms with Crippen molar-refractivity contribution in [1.82, 2.24) is 10.2 Å². The first kappa shape index (κ1) is 14.2. The Morgan fingerprint density at radius 2 is 1.75 bits per heavy atom. The van der Waals surface area contributed by atoms with Gasteiger partial charge in [-0.1, -0.05) is 30.3 Å². The third-order valence-corrected chi connectivity index (χ3v) is 3.58. The zero-order valence-electron chi connectivity index (χ0n) is 11.8. The summed E-state index contributed by atoms with van der Waals surface area (Å²) in [5, 5.41) is 2.24. The monoisotopic (exact) mass is 274 g/mol. The summed E-state index contributed by atoms with van der Waals surface area (Å²) in [4.78, 5) is 37.1.